The molecule has 0 saturated heterocycles. The standard InChI is InChI=1S/C8H13O9P/c1-17-6(11)2-3-8(7(12)13,4-5(9)10)18(14,15)16/h2-4H2,1H3,(H,9,10)(H,12,13)(H2,14,15,16). The highest BCUT2D eigenvalue weighted by Gasteiger charge is 2.55. The monoisotopic (exact) mass is 284 g/mol. The molecular weight excluding hydrogens is 271 g/mol. The van der Waals surface area contributed by atoms with Gasteiger partial charge in [0.25, 0.3) is 0 Å². The van der Waals surface area contributed by atoms with Crippen LogP contribution >= 0.6 is 7.60 Å². The fourth-order valence-corrected chi connectivity index (χ4v) is 2.30. The van der Waals surface area contributed by atoms with Crippen molar-refractivity contribution >= 4 is 25.5 Å². The number of hydrogen-bond donors (Lipinski definition) is 4. The first-order valence-corrected chi connectivity index (χ1v) is 6.25. The van der Waals surface area contributed by atoms with E-state index in [9.17, 15) is 18.9 Å². The van der Waals surface area contributed by atoms with Crippen LogP contribution in [0, 0.1) is 0 Å². The number of aliphatic carboxylic acids is 2. The molecule has 0 aliphatic heterocycles. The van der Waals surface area contributed by atoms with Crippen LogP contribution in [0.15, 0.2) is 0 Å². The summed E-state index contributed by atoms with van der Waals surface area (Å²) in [5, 5.41) is 14.6. The molecule has 10 heteroatoms. The molecule has 18 heavy (non-hydrogen) atoms. The van der Waals surface area contributed by atoms with Crippen LogP contribution in [0.3, 0.4) is 0 Å². The number of methoxy groups -OCH3 is 1. The summed E-state index contributed by atoms with van der Waals surface area (Å²) < 4.78 is 15.4. The van der Waals surface area contributed by atoms with Gasteiger partial charge in [-0.2, -0.15) is 0 Å². The van der Waals surface area contributed by atoms with Gasteiger partial charge >= 0.3 is 25.5 Å². The minimum Gasteiger partial charge on any atom is -0.481 e. The summed E-state index contributed by atoms with van der Waals surface area (Å²) in [7, 11) is -4.26. The van der Waals surface area contributed by atoms with Crippen LogP contribution in [0.4, 0.5) is 0 Å². The fraction of sp³-hybridized carbons (Fsp3) is 0.625. The summed E-state index contributed by atoms with van der Waals surface area (Å²) in [6.45, 7) is 0. The van der Waals surface area contributed by atoms with Gasteiger partial charge in [-0.25, -0.2) is 0 Å². The molecule has 0 aliphatic rings. The van der Waals surface area contributed by atoms with Crippen LogP contribution in [0.2, 0.25) is 0 Å². The predicted molar refractivity (Wildman–Crippen MR) is 55.9 cm³/mol. The van der Waals surface area contributed by atoms with Gasteiger partial charge in [0.2, 0.25) is 0 Å². The molecule has 0 spiro atoms. The van der Waals surface area contributed by atoms with Gasteiger partial charge in [-0.15, -0.1) is 0 Å². The Hall–Kier alpha value is -1.44. The van der Waals surface area contributed by atoms with Crippen molar-refractivity contribution in [2.24, 2.45) is 0 Å². The van der Waals surface area contributed by atoms with Crippen molar-refractivity contribution in [3.8, 4) is 0 Å². The van der Waals surface area contributed by atoms with Gasteiger partial charge in [-0.1, -0.05) is 0 Å². The first-order valence-electron chi connectivity index (χ1n) is 4.64. The quantitative estimate of drug-likeness (QED) is 0.354. The van der Waals surface area contributed by atoms with Crippen molar-refractivity contribution in [2.75, 3.05) is 7.11 Å². The van der Waals surface area contributed by atoms with E-state index in [1.165, 1.54) is 0 Å². The first kappa shape index (κ1) is 16.6. The normalized spacial score (nSPS) is 14.6. The maximum absolute atomic E-state index is 11.2. The van der Waals surface area contributed by atoms with Gasteiger partial charge in [0.05, 0.1) is 13.5 Å². The molecule has 0 amide bonds. The van der Waals surface area contributed by atoms with E-state index in [2.05, 4.69) is 4.74 Å². The van der Waals surface area contributed by atoms with Crippen LogP contribution in [0.25, 0.3) is 0 Å². The molecule has 0 fully saturated rings. The number of rotatable bonds is 7. The zero-order valence-corrected chi connectivity index (χ0v) is 10.3. The molecule has 0 saturated carbocycles. The largest absolute Gasteiger partial charge is 0.481 e. The summed E-state index contributed by atoms with van der Waals surface area (Å²) >= 11 is 0. The van der Waals surface area contributed by atoms with Crippen LogP contribution < -0.4 is 0 Å². The Morgan fingerprint density at radius 2 is 1.72 bits per heavy atom. The minimum absolute atomic E-state index is 0.610. The van der Waals surface area contributed by atoms with Gasteiger partial charge in [0.15, 0.2) is 5.16 Å². The summed E-state index contributed by atoms with van der Waals surface area (Å²) in [5.74, 6) is -4.55. The highest BCUT2D eigenvalue weighted by Crippen LogP contribution is 2.55. The fourth-order valence-electron chi connectivity index (χ4n) is 1.31. The van der Waals surface area contributed by atoms with Gasteiger partial charge in [0, 0.05) is 6.42 Å². The van der Waals surface area contributed by atoms with Gasteiger partial charge < -0.3 is 24.7 Å². The molecule has 104 valence electrons. The number of carboxylic acid groups (broad SMARTS) is 2. The average molecular weight is 284 g/mol. The van der Waals surface area contributed by atoms with Crippen LogP contribution in [-0.4, -0.2) is 50.2 Å². The second kappa shape index (κ2) is 5.94. The number of carboxylic acids is 2. The molecule has 0 aliphatic carbocycles. The number of ether oxygens (including phenoxy) is 1. The van der Waals surface area contributed by atoms with E-state index in [1.807, 2.05) is 0 Å². The average Bonchev–Trinajstić information content (AvgIpc) is 2.20. The lowest BCUT2D eigenvalue weighted by Crippen LogP contribution is -2.41. The van der Waals surface area contributed by atoms with Crippen molar-refractivity contribution in [2.45, 2.75) is 24.4 Å². The summed E-state index contributed by atoms with van der Waals surface area (Å²) in [6, 6.07) is 0. The predicted octanol–water partition coefficient (Wildman–Crippen LogP) is -0.585. The molecule has 0 aromatic heterocycles. The molecule has 0 bridgehead atoms. The smallest absolute Gasteiger partial charge is 0.343 e. The number of hydrogen-bond acceptors (Lipinski definition) is 5. The third kappa shape index (κ3) is 3.80. The van der Waals surface area contributed by atoms with Crippen LogP contribution in [0.1, 0.15) is 19.3 Å². The van der Waals surface area contributed by atoms with Crippen molar-refractivity contribution in [1.29, 1.82) is 0 Å². The van der Waals surface area contributed by atoms with E-state index in [4.69, 9.17) is 20.0 Å². The minimum atomic E-state index is -5.27. The highest BCUT2D eigenvalue weighted by molar-refractivity contribution is 7.54. The number of esters is 1. The SMILES string of the molecule is COC(=O)CCC(CC(=O)O)(C(=O)O)P(=O)(O)O. The molecule has 0 radical (unpaired) electrons. The Kier molecular flexibility index (Phi) is 5.47. The molecule has 0 aromatic carbocycles. The lowest BCUT2D eigenvalue weighted by atomic mass is 9.98. The zero-order chi connectivity index (χ0) is 14.6. The summed E-state index contributed by atoms with van der Waals surface area (Å²) in [5.41, 5.74) is 0. The lowest BCUT2D eigenvalue weighted by Gasteiger charge is -2.27. The van der Waals surface area contributed by atoms with Crippen molar-refractivity contribution < 1.29 is 43.7 Å². The lowest BCUT2D eigenvalue weighted by molar-refractivity contribution is -0.148. The van der Waals surface area contributed by atoms with Gasteiger partial charge in [-0.05, 0) is 6.42 Å². The summed E-state index contributed by atoms with van der Waals surface area (Å²) in [4.78, 5) is 50.5. The Balaban J connectivity index is 5.35. The molecule has 1 unspecified atom stereocenters. The topological polar surface area (TPSA) is 158 Å². The van der Waals surface area contributed by atoms with E-state index in [-0.39, 0.29) is 0 Å². The second-order valence-electron chi connectivity index (χ2n) is 3.53. The van der Waals surface area contributed by atoms with Crippen LogP contribution in [-0.2, 0) is 23.7 Å². The maximum Gasteiger partial charge on any atom is 0.343 e. The van der Waals surface area contributed by atoms with Crippen molar-refractivity contribution in [1.82, 2.24) is 0 Å². The third-order valence-corrected chi connectivity index (χ3v) is 4.06. The molecular formula is C8H13O9P. The third-order valence-electron chi connectivity index (χ3n) is 2.37. The van der Waals surface area contributed by atoms with E-state index in [0.717, 1.165) is 7.11 Å². The second-order valence-corrected chi connectivity index (χ2v) is 5.47. The molecule has 0 rings (SSSR count). The number of carbonyl (C=O) groups excluding carboxylic acids is 1. The Labute approximate surface area is 102 Å². The molecule has 9 nitrogen and oxygen atoms in total. The van der Waals surface area contributed by atoms with Gasteiger partial charge in [-0.3, -0.25) is 18.9 Å². The maximum atomic E-state index is 11.2. The van der Waals surface area contributed by atoms with E-state index in [1.54, 1.807) is 0 Å². The van der Waals surface area contributed by atoms with E-state index < -0.39 is 49.9 Å². The first-order chi connectivity index (χ1) is 8.06. The summed E-state index contributed by atoms with van der Waals surface area (Å²) in [6.07, 6.45) is -2.73. The molecule has 0 aromatic rings. The highest BCUT2D eigenvalue weighted by atomic mass is 31.2. The van der Waals surface area contributed by atoms with Crippen molar-refractivity contribution in [3.05, 3.63) is 0 Å². The Morgan fingerprint density at radius 1 is 1.22 bits per heavy atom. The van der Waals surface area contributed by atoms with Crippen molar-refractivity contribution in [3.63, 3.8) is 0 Å². The molecule has 0 heterocycles. The molecule has 1 atom stereocenters. The molecule has 4 N–H and O–H groups in total. The van der Waals surface area contributed by atoms with Gasteiger partial charge in [0.1, 0.15) is 0 Å². The Bertz CT molecular complexity index is 397. The Morgan fingerprint density at radius 3 is 2.00 bits per heavy atom. The number of carbonyl (C=O) groups is 3. The van der Waals surface area contributed by atoms with E-state index >= 15 is 0 Å². The zero-order valence-electron chi connectivity index (χ0n) is 9.40. The van der Waals surface area contributed by atoms with E-state index in [0.29, 0.717) is 0 Å². The van der Waals surface area contributed by atoms with Crippen LogP contribution in [0.5, 0.6) is 0 Å².